The van der Waals surface area contributed by atoms with Crippen LogP contribution in [0.25, 0.3) is 0 Å². The van der Waals surface area contributed by atoms with E-state index in [1.165, 1.54) is 19.3 Å². The molecule has 0 amide bonds. The second-order valence-corrected chi connectivity index (χ2v) is 6.77. The van der Waals surface area contributed by atoms with Crippen LogP contribution in [0.1, 0.15) is 15.9 Å². The molecule has 0 radical (unpaired) electrons. The molecule has 2 aromatic rings. The van der Waals surface area contributed by atoms with Gasteiger partial charge in [0.15, 0.2) is 0 Å². The number of esters is 1. The molecule has 0 saturated carbocycles. The van der Waals surface area contributed by atoms with E-state index in [1.807, 2.05) is 0 Å². The molecule has 0 saturated heterocycles. The predicted molar refractivity (Wildman–Crippen MR) is 80.6 cm³/mol. The highest BCUT2D eigenvalue weighted by Crippen LogP contribution is 2.21. The third-order valence-corrected chi connectivity index (χ3v) is 4.99. The van der Waals surface area contributed by atoms with Crippen LogP contribution in [-0.2, 0) is 21.3 Å². The number of halogens is 1. The smallest absolute Gasteiger partial charge is 0.337 e. The van der Waals surface area contributed by atoms with Gasteiger partial charge in [-0.25, -0.2) is 17.6 Å². The monoisotopic (exact) mass is 338 g/mol. The summed E-state index contributed by atoms with van der Waals surface area (Å²) in [4.78, 5) is 14.8. The van der Waals surface area contributed by atoms with E-state index < -0.39 is 26.7 Å². The van der Waals surface area contributed by atoms with Gasteiger partial charge in [-0.3, -0.25) is 4.98 Å². The third kappa shape index (κ3) is 3.72. The molecule has 1 heterocycles. The van der Waals surface area contributed by atoms with E-state index in [0.29, 0.717) is 5.56 Å². The molecule has 0 fully saturated rings. The van der Waals surface area contributed by atoms with E-state index >= 15 is 0 Å². The van der Waals surface area contributed by atoms with E-state index in [2.05, 4.69) is 9.72 Å². The number of hydrogen-bond donors (Lipinski definition) is 0. The summed E-state index contributed by atoms with van der Waals surface area (Å²) in [5, 5.41) is 0. The van der Waals surface area contributed by atoms with E-state index in [4.69, 9.17) is 0 Å². The Balaban J connectivity index is 2.37. The molecule has 0 N–H and O–H groups in total. The van der Waals surface area contributed by atoms with Crippen molar-refractivity contribution in [2.45, 2.75) is 11.4 Å². The number of rotatable bonds is 5. The van der Waals surface area contributed by atoms with Crippen molar-refractivity contribution in [1.29, 1.82) is 0 Å². The summed E-state index contributed by atoms with van der Waals surface area (Å²) in [6.45, 7) is 0.0259. The van der Waals surface area contributed by atoms with Crippen molar-refractivity contribution >= 4 is 16.0 Å². The minimum Gasteiger partial charge on any atom is -0.465 e. The van der Waals surface area contributed by atoms with Gasteiger partial charge >= 0.3 is 5.97 Å². The van der Waals surface area contributed by atoms with Gasteiger partial charge in [-0.05, 0) is 29.8 Å². The molecule has 8 heteroatoms. The van der Waals surface area contributed by atoms with Gasteiger partial charge in [-0.1, -0.05) is 6.07 Å². The summed E-state index contributed by atoms with van der Waals surface area (Å²) < 4.78 is 44.5. The number of ether oxygens (including phenoxy) is 1. The fourth-order valence-electron chi connectivity index (χ4n) is 1.95. The summed E-state index contributed by atoms with van der Waals surface area (Å²) in [6.07, 6.45) is 3.09. The lowest BCUT2D eigenvalue weighted by atomic mass is 10.2. The summed E-state index contributed by atoms with van der Waals surface area (Å²) in [7, 11) is -1.62. The van der Waals surface area contributed by atoms with Gasteiger partial charge in [0, 0.05) is 26.0 Å². The zero-order chi connectivity index (χ0) is 17.0. The number of carbonyl (C=O) groups is 1. The topological polar surface area (TPSA) is 76.6 Å². The minimum atomic E-state index is -4.11. The van der Waals surface area contributed by atoms with Gasteiger partial charge in [-0.15, -0.1) is 0 Å². The van der Waals surface area contributed by atoms with E-state index in [9.17, 15) is 17.6 Å². The van der Waals surface area contributed by atoms with E-state index in [0.717, 1.165) is 23.5 Å². The zero-order valence-electron chi connectivity index (χ0n) is 12.6. The molecular weight excluding hydrogens is 323 g/mol. The molecule has 0 aliphatic carbocycles. The first-order valence-electron chi connectivity index (χ1n) is 6.59. The van der Waals surface area contributed by atoms with E-state index in [-0.39, 0.29) is 12.1 Å². The Morgan fingerprint density at radius 1 is 1.35 bits per heavy atom. The van der Waals surface area contributed by atoms with Crippen LogP contribution in [0.5, 0.6) is 0 Å². The van der Waals surface area contributed by atoms with Crippen LogP contribution >= 0.6 is 0 Å². The molecule has 6 nitrogen and oxygen atoms in total. The van der Waals surface area contributed by atoms with Crippen molar-refractivity contribution in [3.63, 3.8) is 0 Å². The highest BCUT2D eigenvalue weighted by Gasteiger charge is 2.26. The third-order valence-electron chi connectivity index (χ3n) is 3.17. The van der Waals surface area contributed by atoms with Crippen LogP contribution in [0.4, 0.5) is 4.39 Å². The normalized spacial score (nSPS) is 11.5. The number of methoxy groups -OCH3 is 1. The average Bonchev–Trinajstić information content (AvgIpc) is 2.55. The van der Waals surface area contributed by atoms with Crippen LogP contribution in [0, 0.1) is 5.82 Å². The number of benzene rings is 1. The molecule has 0 spiro atoms. The summed E-state index contributed by atoms with van der Waals surface area (Å²) in [5.41, 5.74) is 0.616. The van der Waals surface area contributed by atoms with Crippen molar-refractivity contribution in [2.24, 2.45) is 0 Å². The highest BCUT2D eigenvalue weighted by atomic mass is 32.2. The molecule has 0 atom stereocenters. The number of nitrogens with zero attached hydrogens (tertiary/aromatic N) is 2. The molecular formula is C15H15FN2O4S. The lowest BCUT2D eigenvalue weighted by Gasteiger charge is -2.18. The summed E-state index contributed by atoms with van der Waals surface area (Å²) in [5.74, 6) is -1.67. The summed E-state index contributed by atoms with van der Waals surface area (Å²) in [6, 6.07) is 6.45. The maximum atomic E-state index is 14.0. The lowest BCUT2D eigenvalue weighted by Crippen LogP contribution is -2.27. The van der Waals surface area contributed by atoms with Gasteiger partial charge in [0.2, 0.25) is 10.0 Å². The van der Waals surface area contributed by atoms with Gasteiger partial charge in [0.25, 0.3) is 0 Å². The van der Waals surface area contributed by atoms with Crippen LogP contribution < -0.4 is 0 Å². The first-order valence-corrected chi connectivity index (χ1v) is 8.03. The van der Waals surface area contributed by atoms with E-state index in [1.54, 1.807) is 18.3 Å². The maximum absolute atomic E-state index is 14.0. The molecule has 0 aliphatic heterocycles. The Morgan fingerprint density at radius 2 is 2.09 bits per heavy atom. The van der Waals surface area contributed by atoms with Crippen molar-refractivity contribution in [2.75, 3.05) is 14.2 Å². The molecule has 0 bridgehead atoms. The molecule has 23 heavy (non-hydrogen) atoms. The SMILES string of the molecule is COC(=O)c1ccc(F)c(S(=O)(=O)N(C)Cc2cccnc2)c1. The largest absolute Gasteiger partial charge is 0.465 e. The Kier molecular flexibility index (Phi) is 5.07. The lowest BCUT2D eigenvalue weighted by molar-refractivity contribution is 0.0600. The van der Waals surface area contributed by atoms with Gasteiger partial charge < -0.3 is 4.74 Å². The van der Waals surface area contributed by atoms with Gasteiger partial charge in [0.05, 0.1) is 12.7 Å². The molecule has 2 rings (SSSR count). The predicted octanol–water partition coefficient (Wildman–Crippen LogP) is 1.83. The van der Waals surface area contributed by atoms with Gasteiger partial charge in [0.1, 0.15) is 10.7 Å². The number of pyridine rings is 1. The Bertz CT molecular complexity index is 809. The Hall–Kier alpha value is -2.32. The Morgan fingerprint density at radius 3 is 2.70 bits per heavy atom. The molecule has 0 unspecified atom stereocenters. The number of aromatic nitrogens is 1. The number of sulfonamides is 1. The standard InChI is InChI=1S/C15H15FN2O4S/c1-18(10-11-4-3-7-17-9-11)23(20,21)14-8-12(15(19)22-2)5-6-13(14)16/h3-9H,10H2,1-2H3. The quantitative estimate of drug-likeness (QED) is 0.778. The first-order chi connectivity index (χ1) is 10.9. The zero-order valence-corrected chi connectivity index (χ0v) is 13.4. The van der Waals surface area contributed by atoms with Crippen molar-refractivity contribution in [1.82, 2.24) is 9.29 Å². The second-order valence-electron chi connectivity index (χ2n) is 4.76. The number of carbonyl (C=O) groups excluding carboxylic acids is 1. The fraction of sp³-hybridized carbons (Fsp3) is 0.200. The summed E-state index contributed by atoms with van der Waals surface area (Å²) >= 11 is 0. The van der Waals surface area contributed by atoms with Crippen molar-refractivity contribution < 1.29 is 22.3 Å². The van der Waals surface area contributed by atoms with Crippen LogP contribution in [-0.4, -0.2) is 37.8 Å². The molecule has 0 aliphatic rings. The molecule has 122 valence electrons. The van der Waals surface area contributed by atoms with Crippen LogP contribution in [0.15, 0.2) is 47.6 Å². The maximum Gasteiger partial charge on any atom is 0.337 e. The number of hydrogen-bond acceptors (Lipinski definition) is 5. The van der Waals surface area contributed by atoms with Crippen molar-refractivity contribution in [3.05, 3.63) is 59.7 Å². The second kappa shape index (κ2) is 6.84. The van der Waals surface area contributed by atoms with Crippen LogP contribution in [0.2, 0.25) is 0 Å². The highest BCUT2D eigenvalue weighted by molar-refractivity contribution is 7.89. The average molecular weight is 338 g/mol. The molecule has 1 aromatic carbocycles. The first kappa shape index (κ1) is 17.0. The Labute approximate surface area is 133 Å². The van der Waals surface area contributed by atoms with Gasteiger partial charge in [-0.2, -0.15) is 4.31 Å². The minimum absolute atomic E-state index is 0.0259. The molecule has 1 aromatic heterocycles. The fourth-order valence-corrected chi connectivity index (χ4v) is 3.19. The van der Waals surface area contributed by atoms with Crippen molar-refractivity contribution in [3.8, 4) is 0 Å². The van der Waals surface area contributed by atoms with Crippen LogP contribution in [0.3, 0.4) is 0 Å².